The molecule has 2 aliphatic carbocycles. The van der Waals surface area contributed by atoms with Crippen LogP contribution < -0.4 is 4.90 Å². The summed E-state index contributed by atoms with van der Waals surface area (Å²) in [6, 6.07) is 25.4. The van der Waals surface area contributed by atoms with E-state index < -0.39 is 11.8 Å². The Balaban J connectivity index is 1.50. The van der Waals surface area contributed by atoms with Gasteiger partial charge in [-0.25, -0.2) is 4.90 Å². The molecule has 0 N–H and O–H groups in total. The van der Waals surface area contributed by atoms with Crippen LogP contribution in [0.2, 0.25) is 10.0 Å². The summed E-state index contributed by atoms with van der Waals surface area (Å²) in [7, 11) is 0. The van der Waals surface area contributed by atoms with Crippen LogP contribution >= 0.6 is 23.2 Å². The summed E-state index contributed by atoms with van der Waals surface area (Å²) in [5, 5.41) is 0.551. The Labute approximate surface area is 201 Å². The Morgan fingerprint density at radius 1 is 0.667 bits per heavy atom. The van der Waals surface area contributed by atoms with E-state index in [0.717, 1.165) is 22.3 Å². The number of rotatable bonds is 3. The molecule has 3 nitrogen and oxygen atoms in total. The van der Waals surface area contributed by atoms with Crippen molar-refractivity contribution in [2.45, 2.75) is 0 Å². The van der Waals surface area contributed by atoms with Gasteiger partial charge < -0.3 is 0 Å². The highest BCUT2D eigenvalue weighted by Gasteiger charge is 2.62. The van der Waals surface area contributed by atoms with E-state index in [9.17, 15) is 9.59 Å². The zero-order valence-electron chi connectivity index (χ0n) is 17.5. The molecule has 1 saturated carbocycles. The van der Waals surface area contributed by atoms with Crippen molar-refractivity contribution in [1.29, 1.82) is 0 Å². The van der Waals surface area contributed by atoms with Gasteiger partial charge in [0, 0.05) is 11.8 Å². The number of hydrogen-bond donors (Lipinski definition) is 0. The first-order valence-electron chi connectivity index (χ1n) is 10.9. The fourth-order valence-electron chi connectivity index (χ4n) is 5.71. The predicted molar refractivity (Wildman–Crippen MR) is 131 cm³/mol. The minimum Gasteiger partial charge on any atom is -0.274 e. The molecular weight excluding hydrogens is 453 g/mol. The third-order valence-corrected chi connectivity index (χ3v) is 7.81. The highest BCUT2D eigenvalue weighted by molar-refractivity contribution is 6.45. The second kappa shape index (κ2) is 7.72. The maximum absolute atomic E-state index is 13.6. The molecule has 2 amide bonds. The molecule has 0 spiro atoms. The first kappa shape index (κ1) is 20.5. The molecule has 3 aliphatic rings. The molecule has 2 fully saturated rings. The van der Waals surface area contributed by atoms with Crippen molar-refractivity contribution in [3.05, 3.63) is 118 Å². The van der Waals surface area contributed by atoms with Gasteiger partial charge >= 0.3 is 0 Å². The summed E-state index contributed by atoms with van der Waals surface area (Å²) in [5.41, 5.74) is 4.81. The second-order valence-corrected chi connectivity index (χ2v) is 9.42. The van der Waals surface area contributed by atoms with Gasteiger partial charge in [0.15, 0.2) is 0 Å². The third kappa shape index (κ3) is 2.96. The molecule has 0 radical (unpaired) electrons. The number of benzene rings is 3. The van der Waals surface area contributed by atoms with Crippen LogP contribution in [0, 0.1) is 23.7 Å². The number of imide groups is 1. The van der Waals surface area contributed by atoms with Crippen molar-refractivity contribution in [1.82, 2.24) is 0 Å². The molecule has 1 saturated heterocycles. The molecule has 3 aromatic rings. The SMILES string of the molecule is O=C1[C@@H]2[C@H](C(=O)N1c1cccc(Cl)c1Cl)[C@H]1C=C[C@H]2C1=C(c1ccccc1)c1ccccc1. The zero-order chi connectivity index (χ0) is 22.7. The number of amides is 2. The Kier molecular flexibility index (Phi) is 4.79. The summed E-state index contributed by atoms with van der Waals surface area (Å²) in [4.78, 5) is 28.5. The van der Waals surface area contributed by atoms with Gasteiger partial charge in [0.1, 0.15) is 0 Å². The molecule has 6 rings (SSSR count). The summed E-state index contributed by atoms with van der Waals surface area (Å²) in [6.07, 6.45) is 4.20. The van der Waals surface area contributed by atoms with Crippen LogP contribution in [0.5, 0.6) is 0 Å². The van der Waals surface area contributed by atoms with Gasteiger partial charge in [-0.05, 0) is 34.4 Å². The Bertz CT molecular complexity index is 1270. The average molecular weight is 472 g/mol. The van der Waals surface area contributed by atoms with Gasteiger partial charge in [-0.15, -0.1) is 0 Å². The lowest BCUT2D eigenvalue weighted by atomic mass is 9.85. The van der Waals surface area contributed by atoms with E-state index in [1.54, 1.807) is 18.2 Å². The second-order valence-electron chi connectivity index (χ2n) is 8.64. The lowest BCUT2D eigenvalue weighted by Crippen LogP contribution is -2.33. The maximum Gasteiger partial charge on any atom is 0.238 e. The molecule has 0 unspecified atom stereocenters. The number of fused-ring (bicyclic) bond motifs is 5. The lowest BCUT2D eigenvalue weighted by Gasteiger charge is -2.22. The lowest BCUT2D eigenvalue weighted by molar-refractivity contribution is -0.122. The van der Waals surface area contributed by atoms with Crippen molar-refractivity contribution in [3.8, 4) is 0 Å². The number of halogens is 2. The molecule has 162 valence electrons. The molecule has 1 aliphatic heterocycles. The molecule has 3 aromatic carbocycles. The highest BCUT2D eigenvalue weighted by atomic mass is 35.5. The van der Waals surface area contributed by atoms with E-state index in [1.807, 2.05) is 36.4 Å². The highest BCUT2D eigenvalue weighted by Crippen LogP contribution is 2.59. The topological polar surface area (TPSA) is 37.4 Å². The monoisotopic (exact) mass is 471 g/mol. The summed E-state index contributed by atoms with van der Waals surface area (Å²) >= 11 is 12.6. The number of allylic oxidation sites excluding steroid dienone is 3. The first-order valence-corrected chi connectivity index (χ1v) is 11.7. The normalized spacial score (nSPS) is 25.2. The van der Waals surface area contributed by atoms with Gasteiger partial charge in [-0.3, -0.25) is 9.59 Å². The third-order valence-electron chi connectivity index (χ3n) is 7.00. The molecule has 2 bridgehead atoms. The van der Waals surface area contributed by atoms with Crippen LogP contribution in [0.15, 0.2) is 96.6 Å². The largest absolute Gasteiger partial charge is 0.274 e. The van der Waals surface area contributed by atoms with Gasteiger partial charge in [-0.1, -0.05) is 102 Å². The standard InChI is InChI=1S/C28H19Cl2NO2/c29-20-12-7-13-21(26(20)30)31-27(32)24-18-14-15-19(25(24)28(31)33)23(18)22(16-8-3-1-4-9-16)17-10-5-2-6-11-17/h1-15,18-19,24-25H/t18-,19-,24-,25+/m0/s1. The average Bonchev–Trinajstić information content (AvgIpc) is 3.47. The van der Waals surface area contributed by atoms with Gasteiger partial charge in [0.2, 0.25) is 11.8 Å². The minimum absolute atomic E-state index is 0.130. The summed E-state index contributed by atoms with van der Waals surface area (Å²) < 4.78 is 0. The first-order chi connectivity index (χ1) is 16.1. The Hall–Kier alpha value is -3.14. The summed E-state index contributed by atoms with van der Waals surface area (Å²) in [6.45, 7) is 0. The van der Waals surface area contributed by atoms with Crippen molar-refractivity contribution >= 4 is 46.3 Å². The molecular formula is C28H19Cl2NO2. The predicted octanol–water partition coefficient (Wildman–Crippen LogP) is 6.42. The van der Waals surface area contributed by atoms with Crippen LogP contribution in [0.25, 0.3) is 5.57 Å². The van der Waals surface area contributed by atoms with Crippen molar-refractivity contribution in [2.75, 3.05) is 4.90 Å². The van der Waals surface area contributed by atoms with Crippen LogP contribution in [-0.2, 0) is 9.59 Å². The molecule has 0 aromatic heterocycles. The smallest absolute Gasteiger partial charge is 0.238 e. The van der Waals surface area contributed by atoms with E-state index >= 15 is 0 Å². The van der Waals surface area contributed by atoms with Crippen molar-refractivity contribution < 1.29 is 9.59 Å². The van der Waals surface area contributed by atoms with Crippen molar-refractivity contribution in [2.24, 2.45) is 23.7 Å². The van der Waals surface area contributed by atoms with Gasteiger partial charge in [-0.2, -0.15) is 0 Å². The van der Waals surface area contributed by atoms with Crippen LogP contribution in [0.1, 0.15) is 11.1 Å². The summed E-state index contributed by atoms with van der Waals surface area (Å²) in [5.74, 6) is -1.53. The molecule has 33 heavy (non-hydrogen) atoms. The Morgan fingerprint density at radius 2 is 1.18 bits per heavy atom. The van der Waals surface area contributed by atoms with E-state index in [2.05, 4.69) is 36.4 Å². The number of carbonyl (C=O) groups is 2. The van der Waals surface area contributed by atoms with Crippen LogP contribution in [-0.4, -0.2) is 11.8 Å². The molecule has 5 heteroatoms. The number of carbonyl (C=O) groups excluding carboxylic acids is 2. The van der Waals surface area contributed by atoms with Crippen molar-refractivity contribution in [3.63, 3.8) is 0 Å². The van der Waals surface area contributed by atoms with E-state index in [0.29, 0.717) is 10.7 Å². The zero-order valence-corrected chi connectivity index (χ0v) is 19.0. The van der Waals surface area contributed by atoms with Crippen LogP contribution in [0.3, 0.4) is 0 Å². The van der Waals surface area contributed by atoms with Crippen LogP contribution in [0.4, 0.5) is 5.69 Å². The van der Waals surface area contributed by atoms with E-state index in [-0.39, 0.29) is 28.7 Å². The number of nitrogens with zero attached hydrogens (tertiary/aromatic N) is 1. The minimum atomic E-state index is -0.431. The van der Waals surface area contributed by atoms with Gasteiger partial charge in [0.25, 0.3) is 0 Å². The number of anilines is 1. The maximum atomic E-state index is 13.6. The number of hydrogen-bond acceptors (Lipinski definition) is 2. The van der Waals surface area contributed by atoms with E-state index in [1.165, 1.54) is 4.90 Å². The van der Waals surface area contributed by atoms with Gasteiger partial charge in [0.05, 0.1) is 27.6 Å². The Morgan fingerprint density at radius 3 is 1.70 bits per heavy atom. The quantitative estimate of drug-likeness (QED) is 0.326. The fraction of sp³-hybridized carbons (Fsp3) is 0.143. The molecule has 4 atom stereocenters. The van der Waals surface area contributed by atoms with E-state index in [4.69, 9.17) is 23.2 Å². The fourth-order valence-corrected chi connectivity index (χ4v) is 6.09. The molecule has 1 heterocycles.